The van der Waals surface area contributed by atoms with Crippen LogP contribution in [0.5, 0.6) is 0 Å². The van der Waals surface area contributed by atoms with E-state index >= 15 is 0 Å². The molecule has 0 aliphatic rings. The standard InChI is InChI=1S/C7H9F3N2/c1-5-3-4-11-12(5)6(2)7(8,9)10/h3-4,6H,1-2H3/t6-/m1/s1. The molecule has 0 aliphatic heterocycles. The lowest BCUT2D eigenvalue weighted by molar-refractivity contribution is -0.165. The molecule has 0 saturated carbocycles. The van der Waals surface area contributed by atoms with Crippen LogP contribution in [0.15, 0.2) is 12.3 Å². The summed E-state index contributed by atoms with van der Waals surface area (Å²) in [5, 5.41) is 3.58. The van der Waals surface area contributed by atoms with Gasteiger partial charge in [0.1, 0.15) is 6.04 Å². The molecule has 0 saturated heterocycles. The molecule has 0 bridgehead atoms. The molecule has 0 amide bonds. The van der Waals surface area contributed by atoms with Gasteiger partial charge >= 0.3 is 6.18 Å². The van der Waals surface area contributed by atoms with Gasteiger partial charge in [-0.3, -0.25) is 4.68 Å². The number of hydrogen-bond donors (Lipinski definition) is 0. The molecule has 0 N–H and O–H groups in total. The summed E-state index contributed by atoms with van der Waals surface area (Å²) in [5.74, 6) is 0. The van der Waals surface area contributed by atoms with Crippen LogP contribution in [0.1, 0.15) is 18.7 Å². The second-order valence-electron chi connectivity index (χ2n) is 2.63. The maximum Gasteiger partial charge on any atom is 0.410 e. The Morgan fingerprint density at radius 1 is 1.50 bits per heavy atom. The first-order valence-corrected chi connectivity index (χ1v) is 3.49. The minimum Gasteiger partial charge on any atom is -0.258 e. The predicted molar refractivity (Wildman–Crippen MR) is 37.7 cm³/mol. The third kappa shape index (κ3) is 1.60. The summed E-state index contributed by atoms with van der Waals surface area (Å²) in [6, 6.07) is -0.00472. The summed E-state index contributed by atoms with van der Waals surface area (Å²) in [6.07, 6.45) is -2.87. The third-order valence-electron chi connectivity index (χ3n) is 1.71. The van der Waals surface area contributed by atoms with E-state index in [0.717, 1.165) is 11.6 Å². The summed E-state index contributed by atoms with van der Waals surface area (Å²) in [5.41, 5.74) is 0.514. The Morgan fingerprint density at radius 2 is 2.08 bits per heavy atom. The fourth-order valence-electron chi connectivity index (χ4n) is 0.925. The van der Waals surface area contributed by atoms with Gasteiger partial charge in [-0.15, -0.1) is 0 Å². The van der Waals surface area contributed by atoms with E-state index in [1.165, 1.54) is 6.20 Å². The van der Waals surface area contributed by atoms with Crippen molar-refractivity contribution in [3.63, 3.8) is 0 Å². The molecule has 68 valence electrons. The number of aromatic nitrogens is 2. The van der Waals surface area contributed by atoms with Crippen molar-refractivity contribution in [3.05, 3.63) is 18.0 Å². The Balaban J connectivity index is 2.92. The van der Waals surface area contributed by atoms with Crippen molar-refractivity contribution < 1.29 is 13.2 Å². The zero-order chi connectivity index (χ0) is 9.35. The summed E-state index contributed by atoms with van der Waals surface area (Å²) in [6.45, 7) is 2.68. The lowest BCUT2D eigenvalue weighted by Crippen LogP contribution is -2.25. The van der Waals surface area contributed by atoms with Gasteiger partial charge in [0.2, 0.25) is 0 Å². The Bertz CT molecular complexity index is 264. The van der Waals surface area contributed by atoms with Crippen LogP contribution in [0.25, 0.3) is 0 Å². The highest BCUT2D eigenvalue weighted by Crippen LogP contribution is 2.29. The van der Waals surface area contributed by atoms with Gasteiger partial charge in [0.05, 0.1) is 0 Å². The van der Waals surface area contributed by atoms with Crippen LogP contribution in [0.2, 0.25) is 0 Å². The number of aryl methyl sites for hydroxylation is 1. The van der Waals surface area contributed by atoms with E-state index in [1.807, 2.05) is 0 Å². The molecule has 2 nitrogen and oxygen atoms in total. The summed E-state index contributed by atoms with van der Waals surface area (Å²) in [4.78, 5) is 0. The molecule has 1 heterocycles. The molecule has 0 radical (unpaired) electrons. The Morgan fingerprint density at radius 3 is 2.42 bits per heavy atom. The highest BCUT2D eigenvalue weighted by molar-refractivity contribution is 4.98. The smallest absolute Gasteiger partial charge is 0.258 e. The highest BCUT2D eigenvalue weighted by Gasteiger charge is 2.38. The zero-order valence-electron chi connectivity index (χ0n) is 6.76. The molecule has 5 heteroatoms. The molecule has 1 atom stereocenters. The predicted octanol–water partition coefficient (Wildman–Crippen LogP) is 2.31. The minimum atomic E-state index is -4.23. The fraction of sp³-hybridized carbons (Fsp3) is 0.571. The van der Waals surface area contributed by atoms with Crippen LogP contribution in [0, 0.1) is 6.92 Å². The van der Waals surface area contributed by atoms with Crippen molar-refractivity contribution in [2.24, 2.45) is 0 Å². The number of alkyl halides is 3. The lowest BCUT2D eigenvalue weighted by Gasteiger charge is -2.17. The maximum atomic E-state index is 12.1. The van der Waals surface area contributed by atoms with E-state index in [9.17, 15) is 13.2 Å². The Labute approximate surface area is 68.0 Å². The quantitative estimate of drug-likeness (QED) is 0.645. The Hall–Kier alpha value is -1.00. The van der Waals surface area contributed by atoms with Crippen molar-refractivity contribution in [1.82, 2.24) is 9.78 Å². The zero-order valence-corrected chi connectivity index (χ0v) is 6.76. The van der Waals surface area contributed by atoms with Gasteiger partial charge in [0, 0.05) is 11.9 Å². The van der Waals surface area contributed by atoms with Crippen LogP contribution in [-0.2, 0) is 0 Å². The molecule has 12 heavy (non-hydrogen) atoms. The van der Waals surface area contributed by atoms with Gasteiger partial charge in [-0.2, -0.15) is 18.3 Å². The number of nitrogens with zero attached hydrogens (tertiary/aromatic N) is 2. The number of halogens is 3. The Kier molecular flexibility index (Phi) is 2.12. The van der Waals surface area contributed by atoms with Gasteiger partial charge in [-0.25, -0.2) is 0 Å². The summed E-state index contributed by atoms with van der Waals surface area (Å²) in [7, 11) is 0. The first-order chi connectivity index (χ1) is 5.43. The van der Waals surface area contributed by atoms with E-state index in [0.29, 0.717) is 5.69 Å². The van der Waals surface area contributed by atoms with Crippen LogP contribution >= 0.6 is 0 Å². The van der Waals surface area contributed by atoms with E-state index in [1.54, 1.807) is 13.0 Å². The first kappa shape index (κ1) is 9.09. The van der Waals surface area contributed by atoms with Gasteiger partial charge in [-0.05, 0) is 19.9 Å². The first-order valence-electron chi connectivity index (χ1n) is 3.49. The molecule has 0 spiro atoms. The largest absolute Gasteiger partial charge is 0.410 e. The van der Waals surface area contributed by atoms with Gasteiger partial charge in [0.15, 0.2) is 0 Å². The SMILES string of the molecule is Cc1ccnn1[C@H](C)C(F)(F)F. The van der Waals surface area contributed by atoms with Crippen LogP contribution in [0.4, 0.5) is 13.2 Å². The average molecular weight is 178 g/mol. The molecule has 0 unspecified atom stereocenters. The number of hydrogen-bond acceptors (Lipinski definition) is 1. The van der Waals surface area contributed by atoms with E-state index in [-0.39, 0.29) is 0 Å². The highest BCUT2D eigenvalue weighted by atomic mass is 19.4. The molecule has 1 aromatic rings. The minimum absolute atomic E-state index is 0.514. The molecule has 0 aliphatic carbocycles. The molecular formula is C7H9F3N2. The average Bonchev–Trinajstić information content (AvgIpc) is 2.31. The third-order valence-corrected chi connectivity index (χ3v) is 1.71. The molecule has 1 rings (SSSR count). The van der Waals surface area contributed by atoms with Gasteiger partial charge < -0.3 is 0 Å². The van der Waals surface area contributed by atoms with E-state index in [2.05, 4.69) is 5.10 Å². The van der Waals surface area contributed by atoms with Gasteiger partial charge in [0.25, 0.3) is 0 Å². The topological polar surface area (TPSA) is 17.8 Å². The van der Waals surface area contributed by atoms with Crippen LogP contribution in [-0.4, -0.2) is 16.0 Å². The monoisotopic (exact) mass is 178 g/mol. The fourth-order valence-corrected chi connectivity index (χ4v) is 0.925. The molecule has 1 aromatic heterocycles. The van der Waals surface area contributed by atoms with Crippen molar-refractivity contribution in [2.45, 2.75) is 26.1 Å². The second kappa shape index (κ2) is 2.80. The van der Waals surface area contributed by atoms with Crippen molar-refractivity contribution in [3.8, 4) is 0 Å². The molecule has 0 fully saturated rings. The maximum absolute atomic E-state index is 12.1. The molecule has 0 aromatic carbocycles. The lowest BCUT2D eigenvalue weighted by atomic mass is 10.3. The summed E-state index contributed by atoms with van der Waals surface area (Å²) >= 11 is 0. The summed E-state index contributed by atoms with van der Waals surface area (Å²) < 4.78 is 37.4. The van der Waals surface area contributed by atoms with Crippen molar-refractivity contribution in [2.75, 3.05) is 0 Å². The van der Waals surface area contributed by atoms with Crippen molar-refractivity contribution in [1.29, 1.82) is 0 Å². The van der Waals surface area contributed by atoms with Gasteiger partial charge in [-0.1, -0.05) is 0 Å². The van der Waals surface area contributed by atoms with E-state index in [4.69, 9.17) is 0 Å². The molecular weight excluding hydrogens is 169 g/mol. The normalized spacial score (nSPS) is 14.8. The van der Waals surface area contributed by atoms with Crippen LogP contribution in [0.3, 0.4) is 0 Å². The van der Waals surface area contributed by atoms with Crippen molar-refractivity contribution >= 4 is 0 Å². The second-order valence-corrected chi connectivity index (χ2v) is 2.63. The number of rotatable bonds is 1. The van der Waals surface area contributed by atoms with Crippen LogP contribution < -0.4 is 0 Å². The van der Waals surface area contributed by atoms with E-state index < -0.39 is 12.2 Å².